The van der Waals surface area contributed by atoms with Crippen LogP contribution in [0.3, 0.4) is 0 Å². The molecular formula is C13H17FN2O3. The van der Waals surface area contributed by atoms with Crippen molar-refractivity contribution in [2.75, 3.05) is 25.1 Å². The van der Waals surface area contributed by atoms with Crippen LogP contribution in [0.5, 0.6) is 0 Å². The van der Waals surface area contributed by atoms with Gasteiger partial charge in [-0.1, -0.05) is 0 Å². The third kappa shape index (κ3) is 3.64. The number of ether oxygens (including phenoxy) is 1. The molecule has 1 aromatic carbocycles. The normalized spacial score (nSPS) is 19.2. The highest BCUT2D eigenvalue weighted by molar-refractivity contribution is 5.53. The highest BCUT2D eigenvalue weighted by Crippen LogP contribution is 2.24. The van der Waals surface area contributed by atoms with E-state index < -0.39 is 10.7 Å². The summed E-state index contributed by atoms with van der Waals surface area (Å²) in [5.41, 5.74) is 0.271. The fourth-order valence-electron chi connectivity index (χ4n) is 2.25. The summed E-state index contributed by atoms with van der Waals surface area (Å²) in [6.45, 7) is 1.36. The molecule has 0 radical (unpaired) electrons. The van der Waals surface area contributed by atoms with Crippen LogP contribution in [0.1, 0.15) is 19.3 Å². The van der Waals surface area contributed by atoms with Gasteiger partial charge in [-0.25, -0.2) is 4.39 Å². The quantitative estimate of drug-likeness (QED) is 0.622. The Kier molecular flexibility index (Phi) is 4.31. The molecule has 0 amide bonds. The SMILES string of the molecule is CN(CC1CCCCO1)c1cc(F)cc([N+](=O)[O-])c1. The number of non-ortho nitro benzene ring substituents is 1. The molecule has 104 valence electrons. The van der Waals surface area contributed by atoms with E-state index in [-0.39, 0.29) is 11.8 Å². The van der Waals surface area contributed by atoms with Crippen molar-refractivity contribution >= 4 is 11.4 Å². The lowest BCUT2D eigenvalue weighted by Gasteiger charge is -2.28. The van der Waals surface area contributed by atoms with Crippen LogP contribution in [0.25, 0.3) is 0 Å². The number of benzene rings is 1. The molecule has 1 heterocycles. The Labute approximate surface area is 111 Å². The molecule has 1 atom stereocenters. The molecule has 0 aliphatic carbocycles. The van der Waals surface area contributed by atoms with E-state index in [1.54, 1.807) is 11.9 Å². The minimum absolute atomic E-state index is 0.112. The van der Waals surface area contributed by atoms with Crippen molar-refractivity contribution in [1.29, 1.82) is 0 Å². The van der Waals surface area contributed by atoms with E-state index in [4.69, 9.17) is 4.74 Å². The number of nitro groups is 1. The lowest BCUT2D eigenvalue weighted by Crippen LogP contribution is -2.33. The van der Waals surface area contributed by atoms with Crippen molar-refractivity contribution in [3.63, 3.8) is 0 Å². The van der Waals surface area contributed by atoms with E-state index in [0.29, 0.717) is 12.2 Å². The minimum Gasteiger partial charge on any atom is -0.376 e. The summed E-state index contributed by atoms with van der Waals surface area (Å²) in [6.07, 6.45) is 3.29. The van der Waals surface area contributed by atoms with Gasteiger partial charge in [0.15, 0.2) is 0 Å². The minimum atomic E-state index is -0.597. The van der Waals surface area contributed by atoms with Crippen LogP contribution in [0.4, 0.5) is 15.8 Å². The number of likely N-dealkylation sites (N-methyl/N-ethyl adjacent to an activating group) is 1. The van der Waals surface area contributed by atoms with Gasteiger partial charge in [-0.15, -0.1) is 0 Å². The summed E-state index contributed by atoms with van der Waals surface area (Å²) in [5.74, 6) is -0.597. The molecule has 0 spiro atoms. The van der Waals surface area contributed by atoms with Crippen molar-refractivity contribution in [2.24, 2.45) is 0 Å². The molecule has 0 N–H and O–H groups in total. The standard InChI is InChI=1S/C13H17FN2O3/c1-15(9-13-4-2-3-5-19-13)11-6-10(14)7-12(8-11)16(17)18/h6-8,13H,2-5,9H2,1H3. The first-order valence-electron chi connectivity index (χ1n) is 6.34. The second-order valence-corrected chi connectivity index (χ2v) is 4.79. The number of hydrogen-bond donors (Lipinski definition) is 0. The molecule has 1 aliphatic rings. The monoisotopic (exact) mass is 268 g/mol. The van der Waals surface area contributed by atoms with Crippen molar-refractivity contribution in [2.45, 2.75) is 25.4 Å². The van der Waals surface area contributed by atoms with Gasteiger partial charge in [0.1, 0.15) is 5.82 Å². The van der Waals surface area contributed by atoms with Gasteiger partial charge < -0.3 is 9.64 Å². The van der Waals surface area contributed by atoms with Crippen LogP contribution >= 0.6 is 0 Å². The van der Waals surface area contributed by atoms with Gasteiger partial charge in [0.25, 0.3) is 5.69 Å². The molecule has 1 aromatic rings. The van der Waals surface area contributed by atoms with Gasteiger partial charge >= 0.3 is 0 Å². The summed E-state index contributed by atoms with van der Waals surface area (Å²) in [4.78, 5) is 11.9. The van der Waals surface area contributed by atoms with Gasteiger partial charge in [0.2, 0.25) is 0 Å². The third-order valence-electron chi connectivity index (χ3n) is 3.27. The first-order chi connectivity index (χ1) is 9.06. The zero-order valence-electron chi connectivity index (χ0n) is 10.8. The van der Waals surface area contributed by atoms with E-state index in [1.807, 2.05) is 0 Å². The van der Waals surface area contributed by atoms with Crippen LogP contribution in [0.15, 0.2) is 18.2 Å². The van der Waals surface area contributed by atoms with Crippen LogP contribution in [0.2, 0.25) is 0 Å². The number of hydrogen-bond acceptors (Lipinski definition) is 4. The Balaban J connectivity index is 2.09. The van der Waals surface area contributed by atoms with Gasteiger partial charge in [-0.3, -0.25) is 10.1 Å². The second kappa shape index (κ2) is 5.97. The maximum absolute atomic E-state index is 13.4. The summed E-state index contributed by atoms with van der Waals surface area (Å²) in [7, 11) is 1.79. The third-order valence-corrected chi connectivity index (χ3v) is 3.27. The summed E-state index contributed by atoms with van der Waals surface area (Å²) < 4.78 is 19.0. The largest absolute Gasteiger partial charge is 0.376 e. The van der Waals surface area contributed by atoms with Crippen molar-refractivity contribution in [3.05, 3.63) is 34.1 Å². The first-order valence-corrected chi connectivity index (χ1v) is 6.34. The Bertz CT molecular complexity index is 461. The topological polar surface area (TPSA) is 55.6 Å². The molecule has 1 aliphatic heterocycles. The fraction of sp³-hybridized carbons (Fsp3) is 0.538. The molecule has 0 aromatic heterocycles. The molecule has 0 bridgehead atoms. The molecule has 1 fully saturated rings. The van der Waals surface area contributed by atoms with Gasteiger partial charge in [-0.2, -0.15) is 0 Å². The maximum atomic E-state index is 13.4. The summed E-state index contributed by atoms with van der Waals surface area (Å²) >= 11 is 0. The molecule has 1 saturated heterocycles. The highest BCUT2D eigenvalue weighted by atomic mass is 19.1. The van der Waals surface area contributed by atoms with Crippen LogP contribution < -0.4 is 4.90 Å². The van der Waals surface area contributed by atoms with E-state index in [9.17, 15) is 14.5 Å². The molecule has 19 heavy (non-hydrogen) atoms. The Morgan fingerprint density at radius 3 is 2.89 bits per heavy atom. The van der Waals surface area contributed by atoms with E-state index in [2.05, 4.69) is 0 Å². The Morgan fingerprint density at radius 1 is 1.47 bits per heavy atom. The predicted molar refractivity (Wildman–Crippen MR) is 69.9 cm³/mol. The number of nitro benzene ring substituents is 1. The summed E-state index contributed by atoms with van der Waals surface area (Å²) in [6, 6.07) is 3.61. The van der Waals surface area contributed by atoms with Crippen LogP contribution in [0, 0.1) is 15.9 Å². The molecule has 1 unspecified atom stereocenters. The number of rotatable bonds is 4. The molecule has 5 nitrogen and oxygen atoms in total. The zero-order valence-corrected chi connectivity index (χ0v) is 10.8. The number of anilines is 1. The lowest BCUT2D eigenvalue weighted by atomic mass is 10.1. The van der Waals surface area contributed by atoms with Crippen molar-refractivity contribution < 1.29 is 14.1 Å². The average Bonchev–Trinajstić information content (AvgIpc) is 2.39. The van der Waals surface area contributed by atoms with Crippen LogP contribution in [-0.4, -0.2) is 31.2 Å². The van der Waals surface area contributed by atoms with Crippen LogP contribution in [-0.2, 0) is 4.74 Å². The van der Waals surface area contributed by atoms with E-state index in [1.165, 1.54) is 12.1 Å². The molecule has 0 saturated carbocycles. The number of halogens is 1. The molecular weight excluding hydrogens is 251 g/mol. The van der Waals surface area contributed by atoms with Crippen molar-refractivity contribution in [3.8, 4) is 0 Å². The number of nitrogens with zero attached hydrogens (tertiary/aromatic N) is 2. The maximum Gasteiger partial charge on any atom is 0.274 e. The lowest BCUT2D eigenvalue weighted by molar-refractivity contribution is -0.385. The van der Waals surface area contributed by atoms with Gasteiger partial charge in [-0.05, 0) is 25.3 Å². The average molecular weight is 268 g/mol. The highest BCUT2D eigenvalue weighted by Gasteiger charge is 2.18. The second-order valence-electron chi connectivity index (χ2n) is 4.79. The fourth-order valence-corrected chi connectivity index (χ4v) is 2.25. The Hall–Kier alpha value is -1.69. The summed E-state index contributed by atoms with van der Waals surface area (Å²) in [5, 5.41) is 10.7. The first kappa shape index (κ1) is 13.7. The van der Waals surface area contributed by atoms with E-state index in [0.717, 1.165) is 31.9 Å². The smallest absolute Gasteiger partial charge is 0.274 e. The zero-order chi connectivity index (χ0) is 13.8. The predicted octanol–water partition coefficient (Wildman–Crippen LogP) is 2.74. The van der Waals surface area contributed by atoms with E-state index >= 15 is 0 Å². The van der Waals surface area contributed by atoms with Gasteiger partial charge in [0.05, 0.1) is 17.1 Å². The molecule has 2 rings (SSSR count). The van der Waals surface area contributed by atoms with Crippen molar-refractivity contribution in [1.82, 2.24) is 0 Å². The molecule has 6 heteroatoms. The van der Waals surface area contributed by atoms with Gasteiger partial charge in [0, 0.05) is 32.0 Å². The Morgan fingerprint density at radius 2 is 2.26 bits per heavy atom.